The second-order valence-electron chi connectivity index (χ2n) is 9.67. The minimum atomic E-state index is -3.72. The van der Waals surface area contributed by atoms with Gasteiger partial charge in [-0.2, -0.15) is 0 Å². The minimum Gasteiger partial charge on any atom is -0.455 e. The fraction of sp³-hybridized carbons (Fsp3) is 0.100. The van der Waals surface area contributed by atoms with Crippen molar-refractivity contribution in [3.8, 4) is 28.1 Å². The molecule has 3 aromatic heterocycles. The summed E-state index contributed by atoms with van der Waals surface area (Å²) in [5, 5.41) is 3.05. The number of hydrogen-bond donors (Lipinski definition) is 1. The highest BCUT2D eigenvalue weighted by Crippen LogP contribution is 2.42. The van der Waals surface area contributed by atoms with Gasteiger partial charge in [0.1, 0.15) is 29.3 Å². The van der Waals surface area contributed by atoms with Gasteiger partial charge >= 0.3 is 0 Å². The molecule has 0 radical (unpaired) electrons. The molecule has 0 bridgehead atoms. The van der Waals surface area contributed by atoms with Crippen molar-refractivity contribution < 1.29 is 26.4 Å². The number of sulfonamides is 1. The summed E-state index contributed by atoms with van der Waals surface area (Å²) in [6.45, 7) is 0. The summed E-state index contributed by atoms with van der Waals surface area (Å²) < 4.78 is 62.0. The summed E-state index contributed by atoms with van der Waals surface area (Å²) in [5.41, 5.74) is 4.04. The second kappa shape index (κ2) is 10.1. The lowest BCUT2D eigenvalue weighted by Crippen LogP contribution is -2.25. The molecule has 0 atom stereocenters. The lowest BCUT2D eigenvalue weighted by molar-refractivity contribution is 0.0964. The number of benzene rings is 3. The molecule has 212 valence electrons. The summed E-state index contributed by atoms with van der Waals surface area (Å²) in [5.74, 6) is -1.18. The van der Waals surface area contributed by atoms with Crippen LogP contribution in [-0.4, -0.2) is 49.2 Å². The van der Waals surface area contributed by atoms with Crippen LogP contribution in [0.3, 0.4) is 0 Å². The van der Waals surface area contributed by atoms with Crippen molar-refractivity contribution in [1.29, 1.82) is 0 Å². The molecule has 9 nitrogen and oxygen atoms in total. The van der Waals surface area contributed by atoms with Crippen molar-refractivity contribution in [2.75, 3.05) is 24.7 Å². The van der Waals surface area contributed by atoms with Crippen LogP contribution in [0.2, 0.25) is 0 Å². The molecular weight excluding hydrogens is 564 g/mol. The number of rotatable bonds is 6. The van der Waals surface area contributed by atoms with Gasteiger partial charge in [-0.05, 0) is 48.0 Å². The third-order valence-corrected chi connectivity index (χ3v) is 8.22. The maximum atomic E-state index is 14.0. The van der Waals surface area contributed by atoms with Gasteiger partial charge in [0.2, 0.25) is 10.0 Å². The van der Waals surface area contributed by atoms with Gasteiger partial charge in [0.15, 0.2) is 0 Å². The van der Waals surface area contributed by atoms with Gasteiger partial charge < -0.3 is 9.73 Å². The first-order chi connectivity index (χ1) is 20.0. The molecule has 1 amide bonds. The highest BCUT2D eigenvalue weighted by Gasteiger charge is 2.26. The van der Waals surface area contributed by atoms with Gasteiger partial charge in [-0.25, -0.2) is 22.2 Å². The van der Waals surface area contributed by atoms with E-state index >= 15 is 0 Å². The molecule has 0 aliphatic rings. The average Bonchev–Trinajstić information content (AvgIpc) is 3.56. The molecule has 0 saturated carbocycles. The first-order valence-corrected chi connectivity index (χ1v) is 14.5. The number of furan rings is 1. The zero-order valence-corrected chi connectivity index (χ0v) is 23.4. The molecule has 1 N–H and O–H groups in total. The third kappa shape index (κ3) is 4.65. The van der Waals surface area contributed by atoms with Crippen LogP contribution in [0.5, 0.6) is 0 Å². The smallest absolute Gasteiger partial charge is 0.255 e. The molecule has 3 aromatic carbocycles. The summed E-state index contributed by atoms with van der Waals surface area (Å²) >= 11 is 0. The van der Waals surface area contributed by atoms with Crippen LogP contribution >= 0.6 is 0 Å². The van der Waals surface area contributed by atoms with Crippen LogP contribution in [0, 0.1) is 11.6 Å². The van der Waals surface area contributed by atoms with E-state index in [-0.39, 0.29) is 16.9 Å². The van der Waals surface area contributed by atoms with E-state index in [1.165, 1.54) is 50.6 Å². The number of pyridine rings is 1. The van der Waals surface area contributed by atoms with Crippen molar-refractivity contribution in [2.45, 2.75) is 0 Å². The number of anilines is 1. The normalized spacial score (nSPS) is 11.7. The Hall–Kier alpha value is -5.10. The molecule has 6 rings (SSSR count). The molecule has 0 unspecified atom stereocenters. The Morgan fingerprint density at radius 1 is 0.976 bits per heavy atom. The van der Waals surface area contributed by atoms with E-state index in [0.717, 1.165) is 16.8 Å². The van der Waals surface area contributed by atoms with Crippen LogP contribution in [0.25, 0.3) is 50.1 Å². The Balaban J connectivity index is 1.64. The molecule has 0 fully saturated rings. The fourth-order valence-electron chi connectivity index (χ4n) is 4.87. The van der Waals surface area contributed by atoms with E-state index in [1.807, 2.05) is 0 Å². The van der Waals surface area contributed by atoms with E-state index in [4.69, 9.17) is 4.42 Å². The molecule has 12 heteroatoms. The van der Waals surface area contributed by atoms with Crippen molar-refractivity contribution in [2.24, 2.45) is 0 Å². The largest absolute Gasteiger partial charge is 0.455 e. The number of hydrogen-bond acceptors (Lipinski definition) is 6. The maximum Gasteiger partial charge on any atom is 0.255 e. The fourth-order valence-corrected chi connectivity index (χ4v) is 5.38. The van der Waals surface area contributed by atoms with Gasteiger partial charge in [-0.15, -0.1) is 0 Å². The van der Waals surface area contributed by atoms with E-state index in [2.05, 4.69) is 15.3 Å². The van der Waals surface area contributed by atoms with Crippen molar-refractivity contribution in [3.63, 3.8) is 0 Å². The van der Waals surface area contributed by atoms with E-state index in [0.29, 0.717) is 44.5 Å². The van der Waals surface area contributed by atoms with Crippen LogP contribution < -0.4 is 9.62 Å². The Kier molecular flexibility index (Phi) is 6.49. The van der Waals surface area contributed by atoms with Gasteiger partial charge in [-0.3, -0.25) is 18.7 Å². The Morgan fingerprint density at radius 2 is 1.71 bits per heavy atom. The Bertz CT molecular complexity index is 2120. The summed E-state index contributed by atoms with van der Waals surface area (Å²) in [4.78, 5) is 21.5. The van der Waals surface area contributed by atoms with Gasteiger partial charge in [0.25, 0.3) is 5.91 Å². The van der Waals surface area contributed by atoms with E-state index in [9.17, 15) is 22.0 Å². The quantitative estimate of drug-likeness (QED) is 0.274. The monoisotopic (exact) mass is 587 g/mol. The molecule has 6 aromatic rings. The molecular formula is C30H23F2N5O4S. The number of nitrogens with zero attached hydrogens (tertiary/aromatic N) is 4. The number of aromatic nitrogens is 3. The number of carbonyl (C=O) groups excluding carboxylic acids is 1. The van der Waals surface area contributed by atoms with Crippen LogP contribution in [-0.2, 0) is 10.0 Å². The van der Waals surface area contributed by atoms with Crippen LogP contribution in [0.1, 0.15) is 10.4 Å². The summed E-state index contributed by atoms with van der Waals surface area (Å²) in [6, 6.07) is 15.4. The number of imidazole rings is 1. The Labute approximate surface area is 239 Å². The second-order valence-corrected chi connectivity index (χ2v) is 11.7. The number of nitrogens with one attached hydrogen (secondary N) is 1. The third-order valence-electron chi connectivity index (χ3n) is 7.03. The van der Waals surface area contributed by atoms with Crippen molar-refractivity contribution in [3.05, 3.63) is 96.6 Å². The zero-order valence-electron chi connectivity index (χ0n) is 22.6. The molecule has 0 spiro atoms. The number of carbonyl (C=O) groups is 1. The van der Waals surface area contributed by atoms with Crippen LogP contribution in [0.4, 0.5) is 14.5 Å². The van der Waals surface area contributed by atoms with Gasteiger partial charge in [-0.1, -0.05) is 6.07 Å². The molecule has 3 heterocycles. The maximum absolute atomic E-state index is 14.0. The lowest BCUT2D eigenvalue weighted by atomic mass is 9.98. The zero-order chi connectivity index (χ0) is 29.8. The molecule has 0 aliphatic carbocycles. The topological polar surface area (TPSA) is 110 Å². The first-order valence-electron chi connectivity index (χ1n) is 12.7. The first kappa shape index (κ1) is 27.1. The molecule has 42 heavy (non-hydrogen) atoms. The molecule has 0 aliphatic heterocycles. The van der Waals surface area contributed by atoms with Gasteiger partial charge in [0.05, 0.1) is 46.6 Å². The van der Waals surface area contributed by atoms with Gasteiger partial charge in [0, 0.05) is 42.7 Å². The Morgan fingerprint density at radius 3 is 2.40 bits per heavy atom. The van der Waals surface area contributed by atoms with Crippen molar-refractivity contribution in [1.82, 2.24) is 19.9 Å². The average molecular weight is 588 g/mol. The number of halogens is 2. The predicted octanol–water partition coefficient (Wildman–Crippen LogP) is 5.53. The number of amides is 1. The molecule has 0 saturated heterocycles. The van der Waals surface area contributed by atoms with E-state index in [1.54, 1.807) is 41.2 Å². The van der Waals surface area contributed by atoms with Crippen LogP contribution in [0.15, 0.2) is 83.8 Å². The minimum absolute atomic E-state index is 0.210. The summed E-state index contributed by atoms with van der Waals surface area (Å²) in [6.07, 6.45) is 5.24. The number of fused-ring (bicyclic) bond motifs is 2. The highest BCUT2D eigenvalue weighted by atomic mass is 32.2. The lowest BCUT2D eigenvalue weighted by Gasteiger charge is -2.21. The standard InChI is InChI=1S/C30H23F2N5O4S/c1-33-30(38)28-23-12-22(18-6-9-24-26(10-18)37(16-35-24)21-11-20(32)14-34-15-21)25(36(2)42(3,39)40)13-27(23)41-29(28)17-4-7-19(31)8-5-17/h4-16H,1-3H3,(H,33,38). The van der Waals surface area contributed by atoms with E-state index < -0.39 is 27.6 Å². The summed E-state index contributed by atoms with van der Waals surface area (Å²) in [7, 11) is -0.814. The SMILES string of the molecule is CNC(=O)c1c(-c2ccc(F)cc2)oc2cc(N(C)S(C)(=O)=O)c(-c3ccc4ncn(-c5cncc(F)c5)c4c3)cc12. The predicted molar refractivity (Wildman–Crippen MR) is 156 cm³/mol. The van der Waals surface area contributed by atoms with Crippen molar-refractivity contribution >= 4 is 43.6 Å². The highest BCUT2D eigenvalue weighted by molar-refractivity contribution is 7.92.